The average molecular weight is 790 g/mol. The van der Waals surface area contributed by atoms with Gasteiger partial charge in [0.2, 0.25) is 0 Å². The van der Waals surface area contributed by atoms with Crippen molar-refractivity contribution in [3.63, 3.8) is 0 Å². The molecule has 3 aliphatic carbocycles. The smallest absolute Gasteiger partial charge is 0.329 e. The molecule has 3 aliphatic rings. The monoisotopic (exact) mass is 789 g/mol. The highest BCUT2D eigenvalue weighted by Crippen LogP contribution is 2.57. The average Bonchev–Trinajstić information content (AvgIpc) is 3.73. The molecule has 3 N–H and O–H groups in total. The first kappa shape index (κ1) is 39.1. The zero-order valence-electron chi connectivity index (χ0n) is 31.9. The van der Waals surface area contributed by atoms with Crippen molar-refractivity contribution in [2.24, 2.45) is 18.9 Å². The minimum Gasteiger partial charge on any atom is -0.494 e. The predicted octanol–water partition coefficient (Wildman–Crippen LogP) is 7.68. The number of fused-ring (bicyclic) bond motifs is 3. The quantitative estimate of drug-likeness (QED) is 0.103. The number of aromatic nitrogens is 3. The van der Waals surface area contributed by atoms with Crippen LogP contribution in [0.15, 0.2) is 72.0 Å². The van der Waals surface area contributed by atoms with Crippen molar-refractivity contribution in [1.29, 1.82) is 0 Å². The Bertz CT molecular complexity index is 2110. The molecule has 0 aliphatic heterocycles. The summed E-state index contributed by atoms with van der Waals surface area (Å²) in [5.74, 6) is 1.81. The molecular formula is C42H52ClN5O6S. The number of sulfonamides is 1. The first-order valence-electron chi connectivity index (χ1n) is 19.5. The van der Waals surface area contributed by atoms with Gasteiger partial charge >= 0.3 is 5.97 Å². The highest BCUT2D eigenvalue weighted by atomic mass is 35.5. The molecule has 1 spiro atoms. The molecule has 2 heterocycles. The molecule has 13 heteroatoms. The van der Waals surface area contributed by atoms with Gasteiger partial charge in [0.15, 0.2) is 5.03 Å². The first-order valence-corrected chi connectivity index (χ1v) is 21.4. The van der Waals surface area contributed by atoms with E-state index in [0.717, 1.165) is 49.3 Å². The van der Waals surface area contributed by atoms with E-state index >= 15 is 0 Å². The molecule has 7 rings (SSSR count). The number of nitrogens with one attached hydrogen (secondary N) is 2. The largest absolute Gasteiger partial charge is 0.494 e. The number of nitrogens with zero attached hydrogens (tertiary/aromatic N) is 3. The zero-order valence-corrected chi connectivity index (χ0v) is 33.5. The number of hydrogen-bond acceptors (Lipinski definition) is 8. The number of ether oxygens (including phenoxy) is 2. The maximum atomic E-state index is 13.0. The number of anilines is 1. The second kappa shape index (κ2) is 16.2. The van der Waals surface area contributed by atoms with E-state index in [4.69, 9.17) is 21.1 Å². The fourth-order valence-electron chi connectivity index (χ4n) is 9.25. The van der Waals surface area contributed by atoms with Crippen LogP contribution in [0.4, 0.5) is 5.69 Å². The Kier molecular flexibility index (Phi) is 11.5. The summed E-state index contributed by atoms with van der Waals surface area (Å²) in [6.45, 7) is 5.67. The maximum absolute atomic E-state index is 13.0. The van der Waals surface area contributed by atoms with Gasteiger partial charge in [0, 0.05) is 48.0 Å². The number of hydrogen-bond donors (Lipinski definition) is 3. The van der Waals surface area contributed by atoms with E-state index in [1.807, 2.05) is 30.5 Å². The van der Waals surface area contributed by atoms with Crippen molar-refractivity contribution in [2.75, 3.05) is 25.1 Å². The van der Waals surface area contributed by atoms with Crippen LogP contribution >= 0.6 is 11.6 Å². The molecule has 0 saturated heterocycles. The summed E-state index contributed by atoms with van der Waals surface area (Å²) in [4.78, 5) is 17.7. The number of carbonyl (C=O) groups is 1. The van der Waals surface area contributed by atoms with Crippen LogP contribution < -0.4 is 19.5 Å². The standard InChI is InChI=1S/C42H52ClN5O6S/c1-28(27-54-37-13-20-44-36-10-4-7-29(2)39(36)37)23-31-24-30-11-12-34(53-22-6-19-45-55(51,52)38-14-21-48(3)47-38)26-35(30)41(31)15-17-42(18-16-41,40(49)50)46-33-9-5-8-32(43)25-33/h5,8-9,11-14,20-21,25-26,28-29,31,45-46H,4,6-7,10,15-19,22-24,27H2,1-3H3,(H,49,50)/t28-,29-,31+,41?,42?/m1/s1. The number of pyridine rings is 1. The van der Waals surface area contributed by atoms with Gasteiger partial charge in [-0.3, -0.25) is 9.67 Å². The van der Waals surface area contributed by atoms with Crippen molar-refractivity contribution in [3.8, 4) is 11.5 Å². The van der Waals surface area contributed by atoms with E-state index in [9.17, 15) is 18.3 Å². The molecular weight excluding hydrogens is 738 g/mol. The summed E-state index contributed by atoms with van der Waals surface area (Å²) < 4.78 is 42.0. The summed E-state index contributed by atoms with van der Waals surface area (Å²) in [5.41, 5.74) is 4.27. The summed E-state index contributed by atoms with van der Waals surface area (Å²) in [7, 11) is -2.02. The third-order valence-corrected chi connectivity index (χ3v) is 13.7. The van der Waals surface area contributed by atoms with Crippen LogP contribution in [0.1, 0.15) is 93.5 Å². The Balaban J connectivity index is 1.07. The third kappa shape index (κ3) is 8.37. The van der Waals surface area contributed by atoms with Gasteiger partial charge in [0.1, 0.15) is 17.0 Å². The second-order valence-electron chi connectivity index (χ2n) is 15.9. The second-order valence-corrected chi connectivity index (χ2v) is 18.1. The topological polar surface area (TPSA) is 145 Å². The Morgan fingerprint density at radius 3 is 2.67 bits per heavy atom. The Morgan fingerprint density at radius 1 is 1.11 bits per heavy atom. The van der Waals surface area contributed by atoms with Crippen LogP contribution in [0.2, 0.25) is 5.02 Å². The first-order chi connectivity index (χ1) is 26.4. The molecule has 2 aromatic carbocycles. The lowest BCUT2D eigenvalue weighted by atomic mass is 9.59. The predicted molar refractivity (Wildman–Crippen MR) is 213 cm³/mol. The Morgan fingerprint density at radius 2 is 1.93 bits per heavy atom. The van der Waals surface area contributed by atoms with Crippen molar-refractivity contribution < 1.29 is 27.8 Å². The molecule has 1 fully saturated rings. The Hall–Kier alpha value is -4.13. The molecule has 55 heavy (non-hydrogen) atoms. The van der Waals surface area contributed by atoms with Crippen LogP contribution in [-0.2, 0) is 40.1 Å². The number of aryl methyl sites for hydroxylation is 2. The van der Waals surface area contributed by atoms with Crippen molar-refractivity contribution >= 4 is 33.3 Å². The molecule has 11 nitrogen and oxygen atoms in total. The van der Waals surface area contributed by atoms with Crippen LogP contribution in [-0.4, -0.2) is 59.6 Å². The number of carboxylic acids is 1. The molecule has 294 valence electrons. The third-order valence-electron chi connectivity index (χ3n) is 12.1. The molecule has 2 aromatic heterocycles. The number of rotatable bonds is 15. The van der Waals surface area contributed by atoms with Crippen LogP contribution in [0, 0.1) is 11.8 Å². The number of carboxylic acid groups (broad SMARTS) is 1. The van der Waals surface area contributed by atoms with E-state index in [1.54, 1.807) is 25.4 Å². The molecule has 3 atom stereocenters. The zero-order chi connectivity index (χ0) is 38.8. The molecule has 4 aromatic rings. The Labute approximate surface area is 329 Å². The summed E-state index contributed by atoms with van der Waals surface area (Å²) in [6.07, 6.45) is 11.4. The van der Waals surface area contributed by atoms with Gasteiger partial charge in [-0.2, -0.15) is 5.10 Å². The summed E-state index contributed by atoms with van der Waals surface area (Å²) >= 11 is 6.28. The van der Waals surface area contributed by atoms with E-state index in [-0.39, 0.29) is 22.9 Å². The van der Waals surface area contributed by atoms with Gasteiger partial charge < -0.3 is 19.9 Å². The van der Waals surface area contributed by atoms with Gasteiger partial charge in [0.05, 0.1) is 13.2 Å². The minimum absolute atomic E-state index is 0.0108. The van der Waals surface area contributed by atoms with Crippen LogP contribution in [0.5, 0.6) is 11.5 Å². The molecule has 0 unspecified atom stereocenters. The van der Waals surface area contributed by atoms with E-state index < -0.39 is 21.5 Å². The summed E-state index contributed by atoms with van der Waals surface area (Å²) in [6, 6.07) is 17.0. The van der Waals surface area contributed by atoms with Crippen molar-refractivity contribution in [3.05, 3.63) is 94.4 Å². The SMILES string of the molecule is C[C@@H](COc1ccnc2c1[C@H](C)CCC2)C[C@H]1Cc2ccc(OCCCNS(=O)(=O)c3ccn(C)n3)cc2C12CCC(Nc1cccc(Cl)c1)(C(=O)O)CC2. The number of halogens is 1. The van der Waals surface area contributed by atoms with Gasteiger partial charge in [-0.05, 0) is 141 Å². The van der Waals surface area contributed by atoms with Crippen molar-refractivity contribution in [1.82, 2.24) is 19.5 Å². The lowest BCUT2D eigenvalue weighted by Crippen LogP contribution is -2.53. The molecule has 0 amide bonds. The number of benzene rings is 2. The minimum atomic E-state index is -3.69. The van der Waals surface area contributed by atoms with Gasteiger partial charge in [0.25, 0.3) is 10.0 Å². The maximum Gasteiger partial charge on any atom is 0.329 e. The van der Waals surface area contributed by atoms with Crippen LogP contribution in [0.25, 0.3) is 0 Å². The molecule has 0 bridgehead atoms. The lowest BCUT2D eigenvalue weighted by Gasteiger charge is -2.47. The fraction of sp³-hybridized carbons (Fsp3) is 0.500. The summed E-state index contributed by atoms with van der Waals surface area (Å²) in [5, 5.41) is 18.6. The van der Waals surface area contributed by atoms with Crippen LogP contribution in [0.3, 0.4) is 0 Å². The molecule has 0 radical (unpaired) electrons. The molecule has 1 saturated carbocycles. The highest BCUT2D eigenvalue weighted by molar-refractivity contribution is 7.89. The van der Waals surface area contributed by atoms with E-state index in [1.165, 1.54) is 27.4 Å². The highest BCUT2D eigenvalue weighted by Gasteiger charge is 2.54. The van der Waals surface area contributed by atoms with Gasteiger partial charge in [-0.25, -0.2) is 17.9 Å². The van der Waals surface area contributed by atoms with E-state index in [0.29, 0.717) is 67.9 Å². The number of aliphatic carboxylic acids is 1. The van der Waals surface area contributed by atoms with Crippen molar-refractivity contribution in [2.45, 2.75) is 100.0 Å². The van der Waals surface area contributed by atoms with Gasteiger partial charge in [-0.1, -0.05) is 37.6 Å². The normalized spacial score (nSPS) is 23.9. The fourth-order valence-corrected chi connectivity index (χ4v) is 10.5. The lowest BCUT2D eigenvalue weighted by molar-refractivity contribution is -0.144. The van der Waals surface area contributed by atoms with Gasteiger partial charge in [-0.15, -0.1) is 0 Å². The van der Waals surface area contributed by atoms with E-state index in [2.05, 4.69) is 46.1 Å².